The number of carboxylic acids is 1. The number of β-lactam (4-membered cyclic amide) rings is 1. The lowest BCUT2D eigenvalue weighted by Gasteiger charge is -2.48. The van der Waals surface area contributed by atoms with Crippen LogP contribution >= 0.6 is 23.5 Å². The van der Waals surface area contributed by atoms with Gasteiger partial charge in [0.25, 0.3) is 0 Å². The summed E-state index contributed by atoms with van der Waals surface area (Å²) in [6, 6.07) is 3.12. The summed E-state index contributed by atoms with van der Waals surface area (Å²) >= 11 is 2.99. The van der Waals surface area contributed by atoms with Crippen LogP contribution in [0.5, 0.6) is 0 Å². The molecule has 1 amide bonds. The van der Waals surface area contributed by atoms with Gasteiger partial charge >= 0.3 is 5.97 Å². The number of fused-ring (bicyclic) bond motifs is 2. The zero-order chi connectivity index (χ0) is 17.7. The molecule has 0 saturated carbocycles. The molecule has 3 N–H and O–H groups in total. The molecule has 2 atom stereocenters. The van der Waals surface area contributed by atoms with Crippen LogP contribution in [0.4, 0.5) is 0 Å². The predicted octanol–water partition coefficient (Wildman–Crippen LogP) is 0.711. The number of aliphatic carboxylic acids is 1. The number of hydrogen-bond acceptors (Lipinski definition) is 7. The number of hydrogen-bond donors (Lipinski definition) is 2. The maximum Gasteiger partial charge on any atom is 0.352 e. The maximum atomic E-state index is 12.0. The van der Waals surface area contributed by atoms with Gasteiger partial charge in [0.2, 0.25) is 5.91 Å². The second kappa shape index (κ2) is 6.04. The molecule has 0 unspecified atom stereocenters. The van der Waals surface area contributed by atoms with E-state index in [1.165, 1.54) is 28.4 Å². The SMILES string of the molecule is Cc1cc(SCC2=C(C(=O)O)N3C(=O)[C@@H](N)[C@H]3SC2)n2nccc2n1. The number of amides is 1. The monoisotopic (exact) mass is 377 g/mol. The molecule has 4 rings (SSSR count). The van der Waals surface area contributed by atoms with E-state index in [-0.39, 0.29) is 17.0 Å². The fourth-order valence-electron chi connectivity index (χ4n) is 2.96. The number of thioether (sulfide) groups is 2. The van der Waals surface area contributed by atoms with Crippen molar-refractivity contribution in [2.24, 2.45) is 5.73 Å². The minimum Gasteiger partial charge on any atom is -0.477 e. The Morgan fingerprint density at radius 3 is 3.12 bits per heavy atom. The van der Waals surface area contributed by atoms with Crippen molar-refractivity contribution in [2.45, 2.75) is 23.4 Å². The first kappa shape index (κ1) is 16.4. The fourth-order valence-corrected chi connectivity index (χ4v) is 5.46. The van der Waals surface area contributed by atoms with Gasteiger partial charge in [-0.1, -0.05) is 0 Å². The Labute approximate surface area is 151 Å². The first-order valence-electron chi connectivity index (χ1n) is 7.57. The molecule has 2 aromatic rings. The van der Waals surface area contributed by atoms with Crippen LogP contribution in [0.25, 0.3) is 5.65 Å². The second-order valence-electron chi connectivity index (χ2n) is 5.82. The van der Waals surface area contributed by atoms with Crippen LogP contribution in [0.15, 0.2) is 34.6 Å². The van der Waals surface area contributed by atoms with E-state index in [4.69, 9.17) is 5.73 Å². The number of nitrogens with two attached hydrogens (primary N) is 1. The molecule has 10 heteroatoms. The van der Waals surface area contributed by atoms with E-state index in [1.54, 1.807) is 10.7 Å². The molecule has 0 radical (unpaired) electrons. The zero-order valence-electron chi connectivity index (χ0n) is 13.2. The van der Waals surface area contributed by atoms with Gasteiger partial charge in [-0.05, 0) is 18.6 Å². The van der Waals surface area contributed by atoms with E-state index in [2.05, 4.69) is 10.1 Å². The number of rotatable bonds is 4. The molecule has 8 nitrogen and oxygen atoms in total. The van der Waals surface area contributed by atoms with Crippen LogP contribution in [-0.4, -0.2) is 59.4 Å². The molecule has 0 aliphatic carbocycles. The van der Waals surface area contributed by atoms with E-state index in [9.17, 15) is 14.7 Å². The lowest BCUT2D eigenvalue weighted by Crippen LogP contribution is -2.68. The number of aryl methyl sites for hydroxylation is 1. The maximum absolute atomic E-state index is 12.0. The van der Waals surface area contributed by atoms with Gasteiger partial charge in [0.1, 0.15) is 22.1 Å². The molecule has 130 valence electrons. The Kier molecular flexibility index (Phi) is 3.97. The third-order valence-electron chi connectivity index (χ3n) is 4.14. The van der Waals surface area contributed by atoms with Crippen LogP contribution < -0.4 is 5.73 Å². The molecule has 0 aromatic carbocycles. The van der Waals surface area contributed by atoms with Gasteiger partial charge in [0.05, 0.1) is 6.20 Å². The molecule has 0 bridgehead atoms. The predicted molar refractivity (Wildman–Crippen MR) is 94.2 cm³/mol. The summed E-state index contributed by atoms with van der Waals surface area (Å²) in [4.78, 5) is 29.4. The molecule has 25 heavy (non-hydrogen) atoms. The van der Waals surface area contributed by atoms with Gasteiger partial charge in [-0.25, -0.2) is 14.3 Å². The smallest absolute Gasteiger partial charge is 0.352 e. The summed E-state index contributed by atoms with van der Waals surface area (Å²) in [5, 5.41) is 14.4. The number of carbonyl (C=O) groups is 2. The van der Waals surface area contributed by atoms with Crippen LogP contribution in [-0.2, 0) is 9.59 Å². The number of carboxylic acid groups (broad SMARTS) is 1. The molecular formula is C15H15N5O3S2. The Morgan fingerprint density at radius 2 is 2.36 bits per heavy atom. The van der Waals surface area contributed by atoms with Crippen LogP contribution in [0.1, 0.15) is 5.69 Å². The van der Waals surface area contributed by atoms with Crippen molar-refractivity contribution in [1.82, 2.24) is 19.5 Å². The zero-order valence-corrected chi connectivity index (χ0v) is 14.9. The summed E-state index contributed by atoms with van der Waals surface area (Å²) in [6.45, 7) is 1.90. The highest BCUT2D eigenvalue weighted by Gasteiger charge is 2.51. The van der Waals surface area contributed by atoms with Crippen LogP contribution in [0.3, 0.4) is 0 Å². The Bertz CT molecular complexity index is 925. The van der Waals surface area contributed by atoms with Crippen molar-refractivity contribution in [2.75, 3.05) is 11.5 Å². The number of aromatic nitrogens is 3. The van der Waals surface area contributed by atoms with Crippen molar-refractivity contribution in [3.8, 4) is 0 Å². The van der Waals surface area contributed by atoms with Gasteiger partial charge in [-0.2, -0.15) is 5.10 Å². The normalized spacial score (nSPS) is 23.0. The topological polar surface area (TPSA) is 114 Å². The second-order valence-corrected chi connectivity index (χ2v) is 7.92. The molecule has 2 aliphatic heterocycles. The van der Waals surface area contributed by atoms with Crippen molar-refractivity contribution in [1.29, 1.82) is 0 Å². The summed E-state index contributed by atoms with van der Waals surface area (Å²) in [6.07, 6.45) is 1.68. The Morgan fingerprint density at radius 1 is 1.56 bits per heavy atom. The average molecular weight is 377 g/mol. The molecule has 0 spiro atoms. The third kappa shape index (κ3) is 2.60. The van der Waals surface area contributed by atoms with Gasteiger partial charge in [-0.3, -0.25) is 9.69 Å². The largest absolute Gasteiger partial charge is 0.477 e. The van der Waals surface area contributed by atoms with Crippen molar-refractivity contribution in [3.63, 3.8) is 0 Å². The number of nitrogens with zero attached hydrogens (tertiary/aromatic N) is 4. The molecular weight excluding hydrogens is 362 g/mol. The van der Waals surface area contributed by atoms with E-state index >= 15 is 0 Å². The highest BCUT2D eigenvalue weighted by atomic mass is 32.2. The van der Waals surface area contributed by atoms with Gasteiger partial charge in [-0.15, -0.1) is 23.5 Å². The van der Waals surface area contributed by atoms with E-state index < -0.39 is 12.0 Å². The first-order chi connectivity index (χ1) is 12.0. The molecule has 1 saturated heterocycles. The highest BCUT2D eigenvalue weighted by Crippen LogP contribution is 2.40. The summed E-state index contributed by atoms with van der Waals surface area (Å²) in [5.74, 6) is -0.412. The van der Waals surface area contributed by atoms with Crippen molar-refractivity contribution < 1.29 is 14.7 Å². The summed E-state index contributed by atoms with van der Waals surface area (Å²) < 4.78 is 1.72. The minimum absolute atomic E-state index is 0.0745. The highest BCUT2D eigenvalue weighted by molar-refractivity contribution is 8.01. The summed E-state index contributed by atoms with van der Waals surface area (Å²) in [7, 11) is 0. The van der Waals surface area contributed by atoms with Crippen LogP contribution in [0.2, 0.25) is 0 Å². The average Bonchev–Trinajstić information content (AvgIpc) is 3.06. The third-order valence-corrected chi connectivity index (χ3v) is 6.58. The lowest BCUT2D eigenvalue weighted by molar-refractivity contribution is -0.147. The number of carbonyl (C=O) groups excluding carboxylic acids is 1. The molecule has 2 aliphatic rings. The molecule has 4 heterocycles. The lowest BCUT2D eigenvalue weighted by atomic mass is 10.0. The van der Waals surface area contributed by atoms with E-state index in [1.807, 2.05) is 19.1 Å². The molecule has 1 fully saturated rings. The first-order valence-corrected chi connectivity index (χ1v) is 9.60. The quantitative estimate of drug-likeness (QED) is 0.455. The minimum atomic E-state index is -1.09. The molecule has 2 aromatic heterocycles. The van der Waals surface area contributed by atoms with Crippen molar-refractivity contribution in [3.05, 3.63) is 35.3 Å². The van der Waals surface area contributed by atoms with Gasteiger partial charge < -0.3 is 10.8 Å². The van der Waals surface area contributed by atoms with Crippen LogP contribution in [0, 0.1) is 6.92 Å². The Hall–Kier alpha value is -2.04. The standard InChI is InChI=1S/C15H15N5O3S2/c1-7-4-10(20-9(18-7)2-3-17-20)24-5-8-6-25-14-11(16)13(21)19(14)12(8)15(22)23/h2-4,11,14H,5-6,16H2,1H3,(H,22,23)/t11-,14-/m1/s1. The van der Waals surface area contributed by atoms with Gasteiger partial charge in [0.15, 0.2) is 5.65 Å². The van der Waals surface area contributed by atoms with E-state index in [0.717, 1.165) is 16.4 Å². The summed E-state index contributed by atoms with van der Waals surface area (Å²) in [5.41, 5.74) is 8.17. The van der Waals surface area contributed by atoms with Crippen molar-refractivity contribution >= 4 is 41.0 Å². The van der Waals surface area contributed by atoms with Gasteiger partial charge in [0, 0.05) is 23.3 Å². The Balaban J connectivity index is 1.63. The van der Waals surface area contributed by atoms with E-state index in [0.29, 0.717) is 17.1 Å². The fraction of sp³-hybridized carbons (Fsp3) is 0.333.